The summed E-state index contributed by atoms with van der Waals surface area (Å²) in [5.74, 6) is 1.12. The third kappa shape index (κ3) is 2.63. The molecular formula is C22H24FN3O. The Labute approximate surface area is 158 Å². The molecule has 5 heteroatoms. The first-order valence-corrected chi connectivity index (χ1v) is 10.0. The number of benzene rings is 1. The lowest BCUT2D eigenvalue weighted by Gasteiger charge is -2.24. The van der Waals surface area contributed by atoms with Gasteiger partial charge in [0.05, 0.1) is 12.2 Å². The van der Waals surface area contributed by atoms with Crippen LogP contribution in [0, 0.1) is 5.92 Å². The van der Waals surface area contributed by atoms with Crippen molar-refractivity contribution in [2.45, 2.75) is 51.6 Å². The molecule has 0 unspecified atom stereocenters. The normalized spacial score (nSPS) is 18.9. The fraction of sp³-hybridized carbons (Fsp3) is 0.455. The Balaban J connectivity index is 1.50. The number of Topliss-reactive ketones (excluding diaryl/α,β-unsaturated/α-hetero) is 1. The fourth-order valence-corrected chi connectivity index (χ4v) is 4.97. The maximum atomic E-state index is 13.4. The van der Waals surface area contributed by atoms with Gasteiger partial charge in [-0.1, -0.05) is 18.2 Å². The van der Waals surface area contributed by atoms with Crippen LogP contribution in [-0.4, -0.2) is 26.6 Å². The lowest BCUT2D eigenvalue weighted by molar-refractivity contribution is 0.0887. The van der Waals surface area contributed by atoms with E-state index < -0.39 is 0 Å². The van der Waals surface area contributed by atoms with Gasteiger partial charge in [-0.2, -0.15) is 0 Å². The second-order valence-corrected chi connectivity index (χ2v) is 7.78. The van der Waals surface area contributed by atoms with Crippen molar-refractivity contribution in [3.05, 3.63) is 53.2 Å². The van der Waals surface area contributed by atoms with E-state index in [9.17, 15) is 9.18 Å². The van der Waals surface area contributed by atoms with Gasteiger partial charge in [0.1, 0.15) is 5.82 Å². The molecule has 2 aromatic heterocycles. The van der Waals surface area contributed by atoms with Crippen molar-refractivity contribution >= 4 is 16.7 Å². The average molecular weight is 365 g/mol. The Kier molecular flexibility index (Phi) is 4.10. The number of para-hydroxylation sites is 1. The lowest BCUT2D eigenvalue weighted by Crippen LogP contribution is -2.27. The van der Waals surface area contributed by atoms with E-state index in [1.165, 1.54) is 16.8 Å². The lowest BCUT2D eigenvalue weighted by atomic mass is 9.84. The van der Waals surface area contributed by atoms with Gasteiger partial charge in [-0.05, 0) is 37.7 Å². The maximum Gasteiger partial charge on any atom is 0.170 e. The second-order valence-electron chi connectivity index (χ2n) is 7.78. The monoisotopic (exact) mass is 365 g/mol. The number of hydrogen-bond acceptors (Lipinski definition) is 2. The minimum atomic E-state index is -0.333. The molecule has 0 saturated carbocycles. The summed E-state index contributed by atoms with van der Waals surface area (Å²) in [4.78, 5) is 17.8. The zero-order valence-electron chi connectivity index (χ0n) is 15.5. The number of nitrogens with zero attached hydrogens (tertiary/aromatic N) is 3. The summed E-state index contributed by atoms with van der Waals surface area (Å²) >= 11 is 0. The van der Waals surface area contributed by atoms with E-state index in [1.807, 2.05) is 10.8 Å². The van der Waals surface area contributed by atoms with Crippen molar-refractivity contribution in [3.8, 4) is 0 Å². The number of carbonyl (C=O) groups excluding carboxylic acids is 1. The first kappa shape index (κ1) is 16.7. The van der Waals surface area contributed by atoms with Crippen LogP contribution in [0.15, 0.2) is 30.6 Å². The SMILES string of the molecule is O=C1c2c(n3c4c(cccc24)CCC3)CC[C@@H]1Cn1ccnc1CCCF. The van der Waals surface area contributed by atoms with E-state index in [-0.39, 0.29) is 18.4 Å². The molecule has 3 aromatic rings. The summed E-state index contributed by atoms with van der Waals surface area (Å²) < 4.78 is 17.0. The molecule has 1 aliphatic heterocycles. The van der Waals surface area contributed by atoms with Crippen LogP contribution in [0.1, 0.15) is 46.7 Å². The zero-order valence-corrected chi connectivity index (χ0v) is 15.5. The number of alkyl halides is 1. The van der Waals surface area contributed by atoms with Crippen LogP contribution in [0.25, 0.3) is 10.9 Å². The molecule has 27 heavy (non-hydrogen) atoms. The predicted molar refractivity (Wildman–Crippen MR) is 103 cm³/mol. The van der Waals surface area contributed by atoms with Gasteiger partial charge in [-0.25, -0.2) is 4.98 Å². The van der Waals surface area contributed by atoms with Crippen molar-refractivity contribution in [1.82, 2.24) is 14.1 Å². The van der Waals surface area contributed by atoms with E-state index >= 15 is 0 Å². The number of fused-ring (bicyclic) bond motifs is 3. The summed E-state index contributed by atoms with van der Waals surface area (Å²) in [5.41, 5.74) is 4.85. The number of aromatic nitrogens is 3. The second kappa shape index (κ2) is 6.63. The average Bonchev–Trinajstić information content (AvgIpc) is 3.27. The van der Waals surface area contributed by atoms with Gasteiger partial charge in [0.2, 0.25) is 0 Å². The van der Waals surface area contributed by atoms with Crippen molar-refractivity contribution in [3.63, 3.8) is 0 Å². The molecule has 5 rings (SSSR count). The molecule has 0 amide bonds. The van der Waals surface area contributed by atoms with E-state index in [0.29, 0.717) is 19.4 Å². The van der Waals surface area contributed by atoms with Gasteiger partial charge in [0.25, 0.3) is 0 Å². The highest BCUT2D eigenvalue weighted by molar-refractivity contribution is 6.12. The smallest absolute Gasteiger partial charge is 0.170 e. The molecule has 1 aliphatic carbocycles. The first-order valence-electron chi connectivity index (χ1n) is 10.0. The summed E-state index contributed by atoms with van der Waals surface area (Å²) in [7, 11) is 0. The molecule has 0 radical (unpaired) electrons. The third-order valence-electron chi connectivity index (χ3n) is 6.20. The molecule has 0 bridgehead atoms. The number of rotatable bonds is 5. The van der Waals surface area contributed by atoms with Crippen LogP contribution >= 0.6 is 0 Å². The number of hydrogen-bond donors (Lipinski definition) is 0. The highest BCUT2D eigenvalue weighted by Gasteiger charge is 2.34. The number of aryl methyl sites for hydroxylation is 3. The number of halogens is 1. The number of imidazole rings is 1. The molecule has 0 saturated heterocycles. The molecule has 4 nitrogen and oxygen atoms in total. The number of carbonyl (C=O) groups is 1. The van der Waals surface area contributed by atoms with Gasteiger partial charge in [-0.15, -0.1) is 0 Å². The quantitative estimate of drug-likeness (QED) is 0.682. The fourth-order valence-electron chi connectivity index (χ4n) is 4.97. The van der Waals surface area contributed by atoms with Crippen LogP contribution in [0.5, 0.6) is 0 Å². The predicted octanol–water partition coefficient (Wildman–Crippen LogP) is 4.13. The first-order chi connectivity index (χ1) is 13.3. The third-order valence-corrected chi connectivity index (χ3v) is 6.20. The van der Waals surface area contributed by atoms with Crippen molar-refractivity contribution in [1.29, 1.82) is 0 Å². The van der Waals surface area contributed by atoms with Crippen LogP contribution in [0.3, 0.4) is 0 Å². The molecule has 1 aromatic carbocycles. The van der Waals surface area contributed by atoms with Crippen LogP contribution in [-0.2, 0) is 32.4 Å². The van der Waals surface area contributed by atoms with Crippen LogP contribution in [0.2, 0.25) is 0 Å². The largest absolute Gasteiger partial charge is 0.344 e. The highest BCUT2D eigenvalue weighted by Crippen LogP contribution is 2.38. The van der Waals surface area contributed by atoms with Gasteiger partial charge in [0.15, 0.2) is 5.78 Å². The van der Waals surface area contributed by atoms with Gasteiger partial charge in [0, 0.05) is 54.5 Å². The Bertz CT molecular complexity index is 1020. The molecule has 140 valence electrons. The van der Waals surface area contributed by atoms with Crippen LogP contribution < -0.4 is 0 Å². The van der Waals surface area contributed by atoms with Crippen molar-refractivity contribution in [2.75, 3.05) is 6.67 Å². The molecular weight excluding hydrogens is 341 g/mol. The summed E-state index contributed by atoms with van der Waals surface area (Å²) in [6.45, 7) is 1.34. The summed E-state index contributed by atoms with van der Waals surface area (Å²) in [6, 6.07) is 6.41. The van der Waals surface area contributed by atoms with Crippen molar-refractivity contribution in [2.24, 2.45) is 5.92 Å². The maximum absolute atomic E-state index is 13.4. The zero-order chi connectivity index (χ0) is 18.4. The van der Waals surface area contributed by atoms with E-state index in [2.05, 4.69) is 27.8 Å². The summed E-state index contributed by atoms with van der Waals surface area (Å²) in [6.07, 6.45) is 8.86. The van der Waals surface area contributed by atoms with Gasteiger partial charge in [-0.3, -0.25) is 9.18 Å². The molecule has 0 N–H and O–H groups in total. The Morgan fingerprint density at radius 3 is 3.07 bits per heavy atom. The van der Waals surface area contributed by atoms with Crippen LogP contribution in [0.4, 0.5) is 4.39 Å². The topological polar surface area (TPSA) is 39.8 Å². The molecule has 1 atom stereocenters. The number of ketones is 1. The van der Waals surface area contributed by atoms with Crippen molar-refractivity contribution < 1.29 is 9.18 Å². The Morgan fingerprint density at radius 1 is 1.26 bits per heavy atom. The Morgan fingerprint density at radius 2 is 2.19 bits per heavy atom. The molecule has 3 heterocycles. The standard InChI is InChI=1S/C22H24FN3O/c23-10-2-7-19-24-11-13-25(19)14-16-8-9-18-20(22(16)27)17-6-1-4-15-5-3-12-26(18)21(15)17/h1,4,6,11,13,16H,2-3,5,7-10,12,14H2/t16-/m1/s1. The minimum absolute atomic E-state index is 0.0284. The van der Waals surface area contributed by atoms with E-state index in [4.69, 9.17) is 0 Å². The Hall–Kier alpha value is -2.43. The van der Waals surface area contributed by atoms with Gasteiger partial charge < -0.3 is 9.13 Å². The van der Waals surface area contributed by atoms with Gasteiger partial charge >= 0.3 is 0 Å². The molecule has 0 spiro atoms. The summed E-state index contributed by atoms with van der Waals surface area (Å²) in [5, 5.41) is 1.14. The molecule has 2 aliphatic rings. The minimum Gasteiger partial charge on any atom is -0.344 e. The molecule has 0 fully saturated rings. The van der Waals surface area contributed by atoms with E-state index in [0.717, 1.165) is 49.0 Å². The highest BCUT2D eigenvalue weighted by atomic mass is 19.1. The van der Waals surface area contributed by atoms with E-state index in [1.54, 1.807) is 6.20 Å².